The van der Waals surface area contributed by atoms with Crippen molar-refractivity contribution >= 4 is 28.6 Å². The van der Waals surface area contributed by atoms with Crippen molar-refractivity contribution in [3.63, 3.8) is 0 Å². The van der Waals surface area contributed by atoms with Gasteiger partial charge < -0.3 is 10.2 Å². The molecule has 90 valence electrons. The molecule has 0 saturated heterocycles. The predicted molar refractivity (Wildman–Crippen MR) is 69.0 cm³/mol. The van der Waals surface area contributed by atoms with Crippen LogP contribution in [0.25, 0.3) is 0 Å². The molecule has 0 radical (unpaired) electrons. The summed E-state index contributed by atoms with van der Waals surface area (Å²) in [7, 11) is 0. The predicted octanol–water partition coefficient (Wildman–Crippen LogP) is 3.15. The van der Waals surface area contributed by atoms with E-state index in [0.717, 1.165) is 11.3 Å². The first kappa shape index (κ1) is 12.3. The average molecular weight is 268 g/mol. The number of rotatable bonds is 4. The minimum atomic E-state index is -0.993. The van der Waals surface area contributed by atoms with E-state index in [4.69, 9.17) is 5.11 Å². The van der Waals surface area contributed by atoms with Gasteiger partial charge in [-0.3, -0.25) is 0 Å². The lowest BCUT2D eigenvalue weighted by molar-refractivity contribution is 0.0692. The van der Waals surface area contributed by atoms with Gasteiger partial charge >= 0.3 is 5.97 Å². The summed E-state index contributed by atoms with van der Waals surface area (Å²) in [6, 6.07) is 5.36. The van der Waals surface area contributed by atoms with Crippen molar-refractivity contribution in [2.45, 2.75) is 19.4 Å². The lowest BCUT2D eigenvalue weighted by Gasteiger charge is -2.07. The van der Waals surface area contributed by atoms with E-state index < -0.39 is 12.1 Å². The summed E-state index contributed by atoms with van der Waals surface area (Å²) in [6.07, 6.45) is 0.0968. The summed E-state index contributed by atoms with van der Waals surface area (Å²) in [5.74, 6) is -0.993. The van der Waals surface area contributed by atoms with E-state index in [1.165, 1.54) is 33.6 Å². The number of aliphatic hydroxyl groups is 1. The summed E-state index contributed by atoms with van der Waals surface area (Å²) in [5.41, 5.74) is 0.189. The van der Waals surface area contributed by atoms with Gasteiger partial charge in [0.2, 0.25) is 0 Å². The summed E-state index contributed by atoms with van der Waals surface area (Å²) in [5, 5.41) is 20.9. The fraction of sp³-hybridized carbons (Fsp3) is 0.250. The zero-order chi connectivity index (χ0) is 12.4. The summed E-state index contributed by atoms with van der Waals surface area (Å²) < 4.78 is 0. The van der Waals surface area contributed by atoms with E-state index in [2.05, 4.69) is 6.92 Å². The van der Waals surface area contributed by atoms with E-state index in [1.807, 2.05) is 12.1 Å². The Kier molecular flexibility index (Phi) is 3.61. The molecule has 1 atom stereocenters. The molecule has 5 heteroatoms. The molecule has 0 bridgehead atoms. The molecule has 17 heavy (non-hydrogen) atoms. The fourth-order valence-corrected chi connectivity index (χ4v) is 3.48. The largest absolute Gasteiger partial charge is 0.478 e. The number of aliphatic hydroxyl groups excluding tert-OH is 1. The van der Waals surface area contributed by atoms with Crippen molar-refractivity contribution in [1.82, 2.24) is 0 Å². The Morgan fingerprint density at radius 3 is 2.76 bits per heavy atom. The Balaban J connectivity index is 2.33. The quantitative estimate of drug-likeness (QED) is 0.895. The van der Waals surface area contributed by atoms with Crippen LogP contribution in [0.4, 0.5) is 0 Å². The molecule has 3 nitrogen and oxygen atoms in total. The number of carbonyl (C=O) groups is 1. The van der Waals surface area contributed by atoms with Crippen molar-refractivity contribution in [1.29, 1.82) is 0 Å². The number of hydrogen-bond donors (Lipinski definition) is 2. The van der Waals surface area contributed by atoms with Crippen LogP contribution in [0.15, 0.2) is 23.6 Å². The first-order valence-electron chi connectivity index (χ1n) is 5.20. The molecule has 0 aromatic carbocycles. The Morgan fingerprint density at radius 1 is 1.41 bits per heavy atom. The second kappa shape index (κ2) is 5.00. The maximum absolute atomic E-state index is 11.0. The van der Waals surface area contributed by atoms with E-state index in [9.17, 15) is 9.90 Å². The molecule has 0 aliphatic carbocycles. The monoisotopic (exact) mass is 268 g/mol. The topological polar surface area (TPSA) is 57.5 Å². The second-order valence-electron chi connectivity index (χ2n) is 3.56. The molecular weight excluding hydrogens is 256 g/mol. The highest BCUT2D eigenvalue weighted by atomic mass is 32.1. The molecule has 2 N–H and O–H groups in total. The van der Waals surface area contributed by atoms with Gasteiger partial charge in [-0.1, -0.05) is 6.92 Å². The summed E-state index contributed by atoms with van der Waals surface area (Å²) >= 11 is 2.80. The zero-order valence-corrected chi connectivity index (χ0v) is 10.8. The average Bonchev–Trinajstić information content (AvgIpc) is 2.97. The first-order valence-corrected chi connectivity index (χ1v) is 6.90. The van der Waals surface area contributed by atoms with Gasteiger partial charge in [0, 0.05) is 9.75 Å². The van der Waals surface area contributed by atoms with Gasteiger partial charge in [0.1, 0.15) is 6.10 Å². The SMILES string of the molecule is CCc1ccc(C(O)c2sccc2C(=O)O)s1. The van der Waals surface area contributed by atoms with Crippen LogP contribution in [-0.2, 0) is 6.42 Å². The minimum Gasteiger partial charge on any atom is -0.478 e. The van der Waals surface area contributed by atoms with Crippen molar-refractivity contribution < 1.29 is 15.0 Å². The third-order valence-corrected chi connectivity index (χ3v) is 4.73. The van der Waals surface area contributed by atoms with Gasteiger partial charge in [0.15, 0.2) is 0 Å². The van der Waals surface area contributed by atoms with Crippen molar-refractivity contribution in [3.05, 3.63) is 43.8 Å². The summed E-state index contributed by atoms with van der Waals surface area (Å²) in [6.45, 7) is 2.05. The Labute approximate surface area is 107 Å². The normalized spacial score (nSPS) is 12.6. The molecular formula is C12H12O3S2. The maximum Gasteiger partial charge on any atom is 0.336 e. The van der Waals surface area contributed by atoms with E-state index in [0.29, 0.717) is 4.88 Å². The molecule has 0 saturated carbocycles. The van der Waals surface area contributed by atoms with Gasteiger partial charge in [-0.2, -0.15) is 0 Å². The molecule has 0 spiro atoms. The third kappa shape index (κ3) is 2.41. The number of aryl methyl sites for hydroxylation is 1. The van der Waals surface area contributed by atoms with Gasteiger partial charge in [-0.25, -0.2) is 4.79 Å². The molecule has 2 aromatic heterocycles. The van der Waals surface area contributed by atoms with Crippen LogP contribution in [0.5, 0.6) is 0 Å². The zero-order valence-electron chi connectivity index (χ0n) is 9.21. The van der Waals surface area contributed by atoms with Gasteiger partial charge in [-0.05, 0) is 30.0 Å². The summed E-state index contributed by atoms with van der Waals surface area (Å²) in [4.78, 5) is 13.5. The number of carboxylic acid groups (broad SMARTS) is 1. The molecule has 2 rings (SSSR count). The molecule has 1 unspecified atom stereocenters. The molecule has 2 heterocycles. The Morgan fingerprint density at radius 2 is 2.18 bits per heavy atom. The number of aromatic carboxylic acids is 1. The number of thiophene rings is 2. The van der Waals surface area contributed by atoms with E-state index in [1.54, 1.807) is 5.38 Å². The first-order chi connectivity index (χ1) is 8.13. The Bertz CT molecular complexity index is 527. The number of carboxylic acids is 1. The molecule has 0 amide bonds. The van der Waals surface area contributed by atoms with Gasteiger partial charge in [0.05, 0.1) is 10.4 Å². The highest BCUT2D eigenvalue weighted by molar-refractivity contribution is 7.13. The van der Waals surface area contributed by atoms with Crippen LogP contribution < -0.4 is 0 Å². The van der Waals surface area contributed by atoms with E-state index in [-0.39, 0.29) is 5.56 Å². The molecule has 0 fully saturated rings. The minimum absolute atomic E-state index is 0.189. The van der Waals surface area contributed by atoms with Gasteiger partial charge in [-0.15, -0.1) is 22.7 Å². The highest BCUT2D eigenvalue weighted by Gasteiger charge is 2.21. The second-order valence-corrected chi connectivity index (χ2v) is 5.71. The van der Waals surface area contributed by atoms with Crippen LogP contribution in [-0.4, -0.2) is 16.2 Å². The van der Waals surface area contributed by atoms with Crippen LogP contribution in [0.1, 0.15) is 38.0 Å². The lowest BCUT2D eigenvalue weighted by atomic mass is 10.1. The standard InChI is InChI=1S/C12H12O3S2/c1-2-7-3-4-9(17-7)10(13)11-8(12(14)15)5-6-16-11/h3-6,10,13H,2H2,1H3,(H,14,15). The highest BCUT2D eigenvalue weighted by Crippen LogP contribution is 2.33. The molecule has 0 aliphatic heterocycles. The Hall–Kier alpha value is -1.17. The van der Waals surface area contributed by atoms with Gasteiger partial charge in [0.25, 0.3) is 0 Å². The molecule has 0 aliphatic rings. The van der Waals surface area contributed by atoms with Crippen molar-refractivity contribution in [2.24, 2.45) is 0 Å². The van der Waals surface area contributed by atoms with Crippen molar-refractivity contribution in [2.75, 3.05) is 0 Å². The van der Waals surface area contributed by atoms with Crippen LogP contribution >= 0.6 is 22.7 Å². The van der Waals surface area contributed by atoms with E-state index >= 15 is 0 Å². The fourth-order valence-electron chi connectivity index (χ4n) is 1.57. The number of hydrogen-bond acceptors (Lipinski definition) is 4. The maximum atomic E-state index is 11.0. The lowest BCUT2D eigenvalue weighted by Crippen LogP contribution is -2.03. The van der Waals surface area contributed by atoms with Crippen LogP contribution in [0, 0.1) is 0 Å². The van der Waals surface area contributed by atoms with Crippen molar-refractivity contribution in [3.8, 4) is 0 Å². The third-order valence-electron chi connectivity index (χ3n) is 2.47. The van der Waals surface area contributed by atoms with Crippen LogP contribution in [0.2, 0.25) is 0 Å². The smallest absolute Gasteiger partial charge is 0.336 e. The van der Waals surface area contributed by atoms with Crippen LogP contribution in [0.3, 0.4) is 0 Å². The molecule has 2 aromatic rings.